The van der Waals surface area contributed by atoms with Gasteiger partial charge in [-0.1, -0.05) is 30.3 Å². The van der Waals surface area contributed by atoms with Gasteiger partial charge in [0.2, 0.25) is 0 Å². The van der Waals surface area contributed by atoms with Crippen LogP contribution in [0.25, 0.3) is 0 Å². The molecule has 0 radical (unpaired) electrons. The summed E-state index contributed by atoms with van der Waals surface area (Å²) in [6, 6.07) is 0. The predicted octanol–water partition coefficient (Wildman–Crippen LogP) is 2.41. The zero-order valence-electron chi connectivity index (χ0n) is 6.87. The topological polar surface area (TPSA) is 26.3 Å². The van der Waals surface area contributed by atoms with Crippen molar-refractivity contribution < 1.29 is 9.53 Å². The van der Waals surface area contributed by atoms with Gasteiger partial charge < -0.3 is 4.74 Å². The third kappa shape index (κ3) is 5.74. The average Bonchev–Trinajstić information content (AvgIpc) is 2.02. The lowest BCUT2D eigenvalue weighted by molar-refractivity contribution is -0.142. The second-order valence-electron chi connectivity index (χ2n) is 2.01. The Morgan fingerprint density at radius 1 is 1.58 bits per heavy atom. The fourth-order valence-corrected chi connectivity index (χ4v) is 0.657. The van der Waals surface area contributed by atoms with Crippen LogP contribution in [0, 0.1) is 0 Å². The van der Waals surface area contributed by atoms with Crippen LogP contribution in [0.5, 0.6) is 0 Å². The maximum atomic E-state index is 10.5. The first-order valence-corrected chi connectivity index (χ1v) is 3.87. The Hall–Kier alpha value is -1.02. The maximum absolute atomic E-state index is 10.5. The van der Waals surface area contributed by atoms with Crippen LogP contribution in [0.1, 0.15) is 6.92 Å². The van der Waals surface area contributed by atoms with E-state index in [4.69, 9.17) is 16.3 Å². The highest BCUT2D eigenvalue weighted by atomic mass is 35.5. The van der Waals surface area contributed by atoms with Gasteiger partial charge in [0, 0.05) is 12.5 Å². The van der Waals surface area contributed by atoms with Crippen LogP contribution in [-0.2, 0) is 9.53 Å². The van der Waals surface area contributed by atoms with Gasteiger partial charge in [-0.3, -0.25) is 4.79 Å². The quantitative estimate of drug-likeness (QED) is 0.383. The van der Waals surface area contributed by atoms with Crippen molar-refractivity contribution in [3.05, 3.63) is 36.4 Å². The SMILES string of the molecule is C=CC(/C=C/C=C\Cl)OC(C)=O. The number of esters is 1. The molecule has 0 aromatic rings. The molecule has 0 aliphatic carbocycles. The van der Waals surface area contributed by atoms with Crippen LogP contribution in [0.2, 0.25) is 0 Å². The third-order valence-electron chi connectivity index (χ3n) is 1.02. The Balaban J connectivity index is 3.98. The van der Waals surface area contributed by atoms with E-state index in [1.54, 1.807) is 18.2 Å². The van der Waals surface area contributed by atoms with E-state index in [1.165, 1.54) is 18.5 Å². The lowest BCUT2D eigenvalue weighted by Gasteiger charge is -2.06. The van der Waals surface area contributed by atoms with Gasteiger partial charge in [0.15, 0.2) is 0 Å². The Bertz CT molecular complexity index is 207. The van der Waals surface area contributed by atoms with Gasteiger partial charge in [-0.2, -0.15) is 0 Å². The molecule has 0 aliphatic rings. The number of hydrogen-bond acceptors (Lipinski definition) is 2. The maximum Gasteiger partial charge on any atom is 0.303 e. The molecule has 0 bridgehead atoms. The van der Waals surface area contributed by atoms with Gasteiger partial charge in [-0.15, -0.1) is 0 Å². The molecule has 0 aliphatic heterocycles. The molecule has 3 heteroatoms. The molecule has 0 rings (SSSR count). The van der Waals surface area contributed by atoms with Crippen LogP contribution >= 0.6 is 11.6 Å². The van der Waals surface area contributed by atoms with Gasteiger partial charge in [0.1, 0.15) is 6.10 Å². The van der Waals surface area contributed by atoms with Crippen LogP contribution < -0.4 is 0 Å². The minimum absolute atomic E-state index is 0.334. The Kier molecular flexibility index (Phi) is 6.11. The summed E-state index contributed by atoms with van der Waals surface area (Å²) in [6.07, 6.45) is 6.13. The fourth-order valence-electron chi connectivity index (χ4n) is 0.573. The molecule has 2 nitrogen and oxygen atoms in total. The van der Waals surface area contributed by atoms with E-state index in [-0.39, 0.29) is 12.1 Å². The molecule has 1 unspecified atom stereocenters. The number of carbonyl (C=O) groups is 1. The Morgan fingerprint density at radius 3 is 2.67 bits per heavy atom. The summed E-state index contributed by atoms with van der Waals surface area (Å²) in [5.41, 5.74) is 1.37. The summed E-state index contributed by atoms with van der Waals surface area (Å²) in [6.45, 7) is 4.86. The lowest BCUT2D eigenvalue weighted by Crippen LogP contribution is -2.09. The lowest BCUT2D eigenvalue weighted by atomic mass is 10.3. The fraction of sp³-hybridized carbons (Fsp3) is 0.222. The number of halogens is 1. The first-order valence-electron chi connectivity index (χ1n) is 3.44. The first-order chi connectivity index (χ1) is 5.70. The smallest absolute Gasteiger partial charge is 0.303 e. The van der Waals surface area contributed by atoms with Gasteiger partial charge in [0.05, 0.1) is 0 Å². The molecule has 0 spiro atoms. The number of ether oxygens (including phenoxy) is 1. The Morgan fingerprint density at radius 2 is 2.25 bits per heavy atom. The van der Waals surface area contributed by atoms with Crippen LogP contribution in [0.15, 0.2) is 36.4 Å². The van der Waals surface area contributed by atoms with Crippen molar-refractivity contribution in [1.29, 1.82) is 0 Å². The number of hydrogen-bond donors (Lipinski definition) is 0. The van der Waals surface area contributed by atoms with Crippen molar-refractivity contribution in [2.45, 2.75) is 13.0 Å². The molecule has 66 valence electrons. The average molecular weight is 187 g/mol. The van der Waals surface area contributed by atoms with Crippen molar-refractivity contribution in [3.8, 4) is 0 Å². The van der Waals surface area contributed by atoms with Gasteiger partial charge >= 0.3 is 5.97 Å². The van der Waals surface area contributed by atoms with Crippen LogP contribution in [0.4, 0.5) is 0 Å². The molecular formula is C9H11ClO2. The van der Waals surface area contributed by atoms with Crippen LogP contribution in [0.3, 0.4) is 0 Å². The summed E-state index contributed by atoms with van der Waals surface area (Å²) in [5, 5.41) is 0. The van der Waals surface area contributed by atoms with Crippen molar-refractivity contribution in [3.63, 3.8) is 0 Å². The number of carbonyl (C=O) groups excluding carboxylic acids is 1. The normalized spacial score (nSPS) is 13.5. The van der Waals surface area contributed by atoms with Crippen molar-refractivity contribution in [2.24, 2.45) is 0 Å². The zero-order chi connectivity index (χ0) is 9.40. The second kappa shape index (κ2) is 6.68. The van der Waals surface area contributed by atoms with Crippen LogP contribution in [-0.4, -0.2) is 12.1 Å². The van der Waals surface area contributed by atoms with Crippen molar-refractivity contribution in [1.82, 2.24) is 0 Å². The molecule has 12 heavy (non-hydrogen) atoms. The molecule has 1 atom stereocenters. The molecule has 0 amide bonds. The van der Waals surface area contributed by atoms with E-state index < -0.39 is 0 Å². The summed E-state index contributed by atoms with van der Waals surface area (Å²) >= 11 is 5.27. The van der Waals surface area contributed by atoms with E-state index in [9.17, 15) is 4.79 Å². The minimum atomic E-state index is -0.379. The molecule has 0 saturated carbocycles. The molecular weight excluding hydrogens is 176 g/mol. The van der Waals surface area contributed by atoms with E-state index >= 15 is 0 Å². The number of rotatable bonds is 4. The minimum Gasteiger partial charge on any atom is -0.454 e. The predicted molar refractivity (Wildman–Crippen MR) is 49.9 cm³/mol. The standard InChI is InChI=1S/C9H11ClO2/c1-3-9(12-8(2)11)6-4-5-7-10/h3-7,9H,1H2,2H3/b6-4+,7-5-. The van der Waals surface area contributed by atoms with Gasteiger partial charge in [0.25, 0.3) is 0 Å². The van der Waals surface area contributed by atoms with Gasteiger partial charge in [-0.05, 0) is 12.2 Å². The second-order valence-corrected chi connectivity index (χ2v) is 2.27. The molecule has 0 fully saturated rings. The number of allylic oxidation sites excluding steroid dienone is 2. The van der Waals surface area contributed by atoms with E-state index in [1.807, 2.05) is 0 Å². The van der Waals surface area contributed by atoms with E-state index in [2.05, 4.69) is 6.58 Å². The van der Waals surface area contributed by atoms with Crippen molar-refractivity contribution >= 4 is 17.6 Å². The molecule has 0 heterocycles. The molecule has 0 aromatic heterocycles. The summed E-state index contributed by atoms with van der Waals surface area (Å²) in [7, 11) is 0. The monoisotopic (exact) mass is 186 g/mol. The van der Waals surface area contributed by atoms with Gasteiger partial charge in [-0.25, -0.2) is 0 Å². The van der Waals surface area contributed by atoms with E-state index in [0.29, 0.717) is 0 Å². The largest absolute Gasteiger partial charge is 0.454 e. The summed E-state index contributed by atoms with van der Waals surface area (Å²) < 4.78 is 4.83. The highest BCUT2D eigenvalue weighted by Gasteiger charge is 2.00. The van der Waals surface area contributed by atoms with Crippen molar-refractivity contribution in [2.75, 3.05) is 0 Å². The third-order valence-corrected chi connectivity index (χ3v) is 1.16. The molecule has 0 N–H and O–H groups in total. The first kappa shape index (κ1) is 11.0. The highest BCUT2D eigenvalue weighted by Crippen LogP contribution is 1.96. The molecule has 0 aromatic carbocycles. The molecule has 0 saturated heterocycles. The van der Waals surface area contributed by atoms with E-state index in [0.717, 1.165) is 0 Å². The highest BCUT2D eigenvalue weighted by molar-refractivity contribution is 6.25. The zero-order valence-corrected chi connectivity index (χ0v) is 7.62. The summed E-state index contributed by atoms with van der Waals surface area (Å²) in [5.74, 6) is -0.334. The summed E-state index contributed by atoms with van der Waals surface area (Å²) in [4.78, 5) is 10.5. The Labute approximate surface area is 77.2 Å².